The van der Waals surface area contributed by atoms with Gasteiger partial charge in [0, 0.05) is 6.42 Å². The van der Waals surface area contributed by atoms with Crippen molar-refractivity contribution >= 4 is 28.4 Å². The number of hydrogen-bond donors (Lipinski definition) is 1. The second kappa shape index (κ2) is 8.32. The van der Waals surface area contributed by atoms with E-state index < -0.39 is 0 Å². The van der Waals surface area contributed by atoms with Crippen molar-refractivity contribution in [1.29, 1.82) is 0 Å². The van der Waals surface area contributed by atoms with E-state index in [0.29, 0.717) is 11.3 Å². The molecule has 0 atom stereocenters. The van der Waals surface area contributed by atoms with Crippen LogP contribution in [0.25, 0.3) is 16.8 Å². The molecule has 0 saturated carbocycles. The molecule has 1 N–H and O–H groups in total. The van der Waals surface area contributed by atoms with Gasteiger partial charge in [-0.05, 0) is 40.1 Å². The Bertz CT molecular complexity index is 1010. The van der Waals surface area contributed by atoms with Crippen molar-refractivity contribution in [3.63, 3.8) is 0 Å². The number of rotatable bonds is 7. The highest BCUT2D eigenvalue weighted by atomic mass is 16.5. The summed E-state index contributed by atoms with van der Waals surface area (Å²) in [5.74, 6) is -0.0144. The zero-order chi connectivity index (χ0) is 19.2. The Morgan fingerprint density at radius 1 is 1.04 bits per heavy atom. The van der Waals surface area contributed by atoms with Crippen molar-refractivity contribution in [2.75, 3.05) is 7.11 Å². The van der Waals surface area contributed by atoms with Crippen LogP contribution in [0.15, 0.2) is 66.7 Å². The van der Waals surface area contributed by atoms with E-state index >= 15 is 0 Å². The van der Waals surface area contributed by atoms with Crippen molar-refractivity contribution in [3.05, 3.63) is 77.9 Å². The first-order chi connectivity index (χ1) is 13.1. The van der Waals surface area contributed by atoms with Crippen LogP contribution in [-0.2, 0) is 16.0 Å². The fourth-order valence-electron chi connectivity index (χ4n) is 2.96. The maximum atomic E-state index is 12.3. The average Bonchev–Trinajstić information content (AvgIpc) is 2.67. The second-order valence-corrected chi connectivity index (χ2v) is 6.26. The van der Waals surface area contributed by atoms with Gasteiger partial charge in [-0.2, -0.15) is 0 Å². The van der Waals surface area contributed by atoms with Crippen LogP contribution in [0.3, 0.4) is 0 Å². The molecule has 0 radical (unpaired) electrons. The number of carbonyl (C=O) groups is 2. The largest absolute Gasteiger partial charge is 0.504 e. The number of phenolic OH excluding ortho intramolecular Hbond substituents is 1. The number of allylic oxidation sites excluding steroid dienone is 1. The minimum Gasteiger partial charge on any atom is -0.504 e. The Labute approximate surface area is 157 Å². The fourth-order valence-corrected chi connectivity index (χ4v) is 2.96. The third kappa shape index (κ3) is 4.61. The van der Waals surface area contributed by atoms with Gasteiger partial charge in [0.25, 0.3) is 0 Å². The van der Waals surface area contributed by atoms with Crippen LogP contribution in [0.1, 0.15) is 17.5 Å². The van der Waals surface area contributed by atoms with Crippen LogP contribution in [0.4, 0.5) is 0 Å². The van der Waals surface area contributed by atoms with Crippen LogP contribution in [0.5, 0.6) is 11.5 Å². The summed E-state index contributed by atoms with van der Waals surface area (Å²) in [6.07, 6.45) is 3.07. The minimum atomic E-state index is -0.257. The molecule has 3 aromatic carbocycles. The van der Waals surface area contributed by atoms with Gasteiger partial charge in [-0.25, -0.2) is 0 Å². The second-order valence-electron chi connectivity index (χ2n) is 6.26. The van der Waals surface area contributed by atoms with E-state index in [1.54, 1.807) is 18.2 Å². The first-order valence-electron chi connectivity index (χ1n) is 8.63. The summed E-state index contributed by atoms with van der Waals surface area (Å²) in [6, 6.07) is 18.5. The first-order valence-corrected chi connectivity index (χ1v) is 8.63. The lowest BCUT2D eigenvalue weighted by atomic mass is 9.98. The number of ketones is 2. The Morgan fingerprint density at radius 2 is 1.81 bits per heavy atom. The summed E-state index contributed by atoms with van der Waals surface area (Å²) in [4.78, 5) is 24.4. The fraction of sp³-hybridized carbons (Fsp3) is 0.130. The van der Waals surface area contributed by atoms with Crippen LogP contribution in [0.2, 0.25) is 0 Å². The van der Waals surface area contributed by atoms with Gasteiger partial charge in [-0.15, -0.1) is 0 Å². The Hall–Kier alpha value is -3.40. The topological polar surface area (TPSA) is 63.6 Å². The summed E-state index contributed by atoms with van der Waals surface area (Å²) < 4.78 is 5.04. The maximum absolute atomic E-state index is 12.3. The minimum absolute atomic E-state index is 0.0336. The predicted molar refractivity (Wildman–Crippen MR) is 106 cm³/mol. The molecule has 27 heavy (non-hydrogen) atoms. The van der Waals surface area contributed by atoms with E-state index in [-0.39, 0.29) is 30.2 Å². The number of fused-ring (bicyclic) bond motifs is 1. The molecule has 0 aliphatic carbocycles. The molecule has 0 spiro atoms. The summed E-state index contributed by atoms with van der Waals surface area (Å²) in [7, 11) is 1.46. The monoisotopic (exact) mass is 360 g/mol. The molecule has 0 saturated heterocycles. The van der Waals surface area contributed by atoms with Gasteiger partial charge in [0.2, 0.25) is 0 Å². The lowest BCUT2D eigenvalue weighted by Crippen LogP contribution is -2.08. The normalized spacial score (nSPS) is 11.0. The maximum Gasteiger partial charge on any atom is 0.163 e. The van der Waals surface area contributed by atoms with Gasteiger partial charge in [-0.3, -0.25) is 9.59 Å². The molecule has 0 unspecified atom stereocenters. The number of Topliss-reactive ketones (excluding diaryl/α,β-unsaturated/α-hetero) is 1. The van der Waals surface area contributed by atoms with Gasteiger partial charge >= 0.3 is 0 Å². The number of benzene rings is 3. The van der Waals surface area contributed by atoms with Gasteiger partial charge in [0.15, 0.2) is 17.3 Å². The van der Waals surface area contributed by atoms with Crippen molar-refractivity contribution < 1.29 is 19.4 Å². The SMILES string of the molecule is COc1cc(/C=C/C(=O)CC(=O)Cc2cccc3ccccc23)ccc1O. The molecular formula is C23H20O4. The van der Waals surface area contributed by atoms with E-state index in [1.165, 1.54) is 19.3 Å². The molecule has 3 aromatic rings. The van der Waals surface area contributed by atoms with Gasteiger partial charge in [0.05, 0.1) is 13.5 Å². The van der Waals surface area contributed by atoms with Gasteiger partial charge in [-0.1, -0.05) is 54.6 Å². The van der Waals surface area contributed by atoms with Gasteiger partial charge in [0.1, 0.15) is 5.78 Å². The summed E-state index contributed by atoms with van der Waals surface area (Å²) in [5.41, 5.74) is 1.64. The molecule has 0 amide bonds. The average molecular weight is 360 g/mol. The lowest BCUT2D eigenvalue weighted by molar-refractivity contribution is -0.124. The van der Waals surface area contributed by atoms with Gasteiger partial charge < -0.3 is 9.84 Å². The molecular weight excluding hydrogens is 340 g/mol. The smallest absolute Gasteiger partial charge is 0.163 e. The van der Waals surface area contributed by atoms with Crippen LogP contribution in [0, 0.1) is 0 Å². The highest BCUT2D eigenvalue weighted by Crippen LogP contribution is 2.26. The van der Waals surface area contributed by atoms with Crippen molar-refractivity contribution in [3.8, 4) is 11.5 Å². The number of aromatic hydroxyl groups is 1. The number of hydrogen-bond acceptors (Lipinski definition) is 4. The summed E-state index contributed by atoms with van der Waals surface area (Å²) >= 11 is 0. The van der Waals surface area contributed by atoms with Crippen LogP contribution in [-0.4, -0.2) is 23.8 Å². The number of methoxy groups -OCH3 is 1. The molecule has 0 heterocycles. The van der Waals surface area contributed by atoms with E-state index in [2.05, 4.69) is 0 Å². The lowest BCUT2D eigenvalue weighted by Gasteiger charge is -2.05. The molecule has 0 aromatic heterocycles. The Balaban J connectivity index is 1.64. The molecule has 4 nitrogen and oxygen atoms in total. The Kier molecular flexibility index (Phi) is 5.67. The van der Waals surface area contributed by atoms with Crippen molar-refractivity contribution in [2.24, 2.45) is 0 Å². The molecule has 4 heteroatoms. The van der Waals surface area contributed by atoms with E-state index in [9.17, 15) is 14.7 Å². The highest BCUT2D eigenvalue weighted by molar-refractivity contribution is 6.07. The zero-order valence-electron chi connectivity index (χ0n) is 15.0. The molecule has 0 fully saturated rings. The standard InChI is InChI=1S/C23H20O4/c1-27-23-13-16(10-12-22(23)26)9-11-19(24)15-20(25)14-18-7-4-6-17-5-2-3-8-21(17)18/h2-13,26H,14-15H2,1H3/b11-9+. The summed E-state index contributed by atoms with van der Waals surface area (Å²) in [6.45, 7) is 0. The third-order valence-corrected chi connectivity index (χ3v) is 4.30. The number of phenols is 1. The molecule has 3 rings (SSSR count). The van der Waals surface area contributed by atoms with Crippen molar-refractivity contribution in [1.82, 2.24) is 0 Å². The number of ether oxygens (including phenoxy) is 1. The van der Waals surface area contributed by atoms with E-state index in [0.717, 1.165) is 16.3 Å². The molecule has 0 aliphatic heterocycles. The number of carbonyl (C=O) groups excluding carboxylic acids is 2. The van der Waals surface area contributed by atoms with E-state index in [4.69, 9.17) is 4.74 Å². The highest BCUT2D eigenvalue weighted by Gasteiger charge is 2.10. The quantitative estimate of drug-likeness (QED) is 0.503. The van der Waals surface area contributed by atoms with E-state index in [1.807, 2.05) is 42.5 Å². The predicted octanol–water partition coefficient (Wildman–Crippen LogP) is 4.34. The third-order valence-electron chi connectivity index (χ3n) is 4.30. The Morgan fingerprint density at radius 3 is 2.63 bits per heavy atom. The zero-order valence-corrected chi connectivity index (χ0v) is 15.0. The first kappa shape index (κ1) is 18.4. The molecule has 0 bridgehead atoms. The molecule has 136 valence electrons. The van der Waals surface area contributed by atoms with Crippen LogP contribution < -0.4 is 4.74 Å². The molecule has 0 aliphatic rings. The summed E-state index contributed by atoms with van der Waals surface area (Å²) in [5, 5.41) is 11.7. The van der Waals surface area contributed by atoms with Crippen molar-refractivity contribution in [2.45, 2.75) is 12.8 Å². The van der Waals surface area contributed by atoms with Crippen LogP contribution >= 0.6 is 0 Å².